The second-order valence-electron chi connectivity index (χ2n) is 11.3. The van der Waals surface area contributed by atoms with Crippen molar-refractivity contribution < 1.29 is 37.0 Å². The van der Waals surface area contributed by atoms with Crippen molar-refractivity contribution in [1.82, 2.24) is 10.2 Å². The van der Waals surface area contributed by atoms with Gasteiger partial charge in [-0.05, 0) is 61.2 Å². The van der Waals surface area contributed by atoms with Crippen LogP contribution in [0.2, 0.25) is 10.0 Å². The predicted octanol–water partition coefficient (Wildman–Crippen LogP) is 6.09. The van der Waals surface area contributed by atoms with Gasteiger partial charge in [0.05, 0.1) is 49.1 Å². The molecule has 1 fully saturated rings. The fraction of sp³-hybridized carbons (Fsp3) is 0.412. The first kappa shape index (κ1) is 37.0. The molecule has 1 aliphatic rings. The monoisotopic (exact) mass is 721 g/mol. The highest BCUT2D eigenvalue weighted by Crippen LogP contribution is 2.38. The molecule has 14 heteroatoms. The number of hydrogen-bond acceptors (Lipinski definition) is 8. The number of halogens is 2. The summed E-state index contributed by atoms with van der Waals surface area (Å²) in [5.74, 6) is 0.0632. The fourth-order valence-corrected chi connectivity index (χ4v) is 7.48. The maximum atomic E-state index is 14.5. The van der Waals surface area contributed by atoms with Gasteiger partial charge in [-0.2, -0.15) is 0 Å². The van der Waals surface area contributed by atoms with Crippen molar-refractivity contribution in [2.75, 3.05) is 39.3 Å². The van der Waals surface area contributed by atoms with Crippen LogP contribution in [-0.2, 0) is 26.2 Å². The highest BCUT2D eigenvalue weighted by atomic mass is 35.5. The summed E-state index contributed by atoms with van der Waals surface area (Å²) in [7, 11) is 1.19. The van der Waals surface area contributed by atoms with Gasteiger partial charge in [-0.15, -0.1) is 0 Å². The van der Waals surface area contributed by atoms with Crippen LogP contribution in [0.25, 0.3) is 0 Å². The third kappa shape index (κ3) is 8.40. The zero-order valence-electron chi connectivity index (χ0n) is 27.6. The van der Waals surface area contributed by atoms with Crippen molar-refractivity contribution in [2.45, 2.75) is 62.6 Å². The van der Waals surface area contributed by atoms with Gasteiger partial charge in [0, 0.05) is 24.7 Å². The average Bonchev–Trinajstić information content (AvgIpc) is 3.60. The summed E-state index contributed by atoms with van der Waals surface area (Å²) in [6.07, 6.45) is 4.01. The van der Waals surface area contributed by atoms with Gasteiger partial charge in [0.1, 0.15) is 24.1 Å². The van der Waals surface area contributed by atoms with E-state index in [1.54, 1.807) is 37.3 Å². The van der Waals surface area contributed by atoms with Gasteiger partial charge >= 0.3 is 0 Å². The largest absolute Gasteiger partial charge is 0.497 e. The molecule has 0 saturated heterocycles. The topological polar surface area (TPSA) is 124 Å². The molecule has 1 unspecified atom stereocenters. The standard InChI is InChI=1S/C34H41Cl2N3O8S/c1-6-28(34(41)37-23-9-7-8-10-23)38(20-22-11-14-26(35)27(36)17-22)33(40)21-39(29-18-24(44-2)12-15-30(29)45-3)48(42,43)25-13-16-31(46-4)32(19-25)47-5/h11-19,23,28H,6-10,20-21H2,1-5H3,(H,37,41). The molecule has 260 valence electrons. The number of rotatable bonds is 15. The van der Waals surface area contributed by atoms with E-state index in [1.165, 1.54) is 57.6 Å². The summed E-state index contributed by atoms with van der Waals surface area (Å²) in [6.45, 7) is 1.08. The molecular weight excluding hydrogens is 681 g/mol. The minimum Gasteiger partial charge on any atom is -0.497 e. The number of ether oxygens (including phenoxy) is 4. The van der Waals surface area contributed by atoms with Crippen LogP contribution in [0.5, 0.6) is 23.0 Å². The van der Waals surface area contributed by atoms with E-state index in [9.17, 15) is 18.0 Å². The van der Waals surface area contributed by atoms with Crippen molar-refractivity contribution in [3.63, 3.8) is 0 Å². The van der Waals surface area contributed by atoms with Crippen LogP contribution in [0.3, 0.4) is 0 Å². The summed E-state index contributed by atoms with van der Waals surface area (Å²) in [4.78, 5) is 29.5. The maximum absolute atomic E-state index is 14.5. The molecule has 3 aromatic rings. The third-order valence-corrected chi connectivity index (χ3v) is 10.8. The summed E-state index contributed by atoms with van der Waals surface area (Å²) in [5, 5.41) is 3.71. The van der Waals surface area contributed by atoms with Gasteiger partial charge in [-0.25, -0.2) is 8.42 Å². The first-order valence-corrected chi connectivity index (χ1v) is 17.7. The molecule has 0 aromatic heterocycles. The minimum atomic E-state index is -4.48. The molecule has 2 amide bonds. The molecule has 1 aliphatic carbocycles. The van der Waals surface area contributed by atoms with E-state index in [4.69, 9.17) is 42.1 Å². The third-order valence-electron chi connectivity index (χ3n) is 8.30. The van der Waals surface area contributed by atoms with Crippen LogP contribution in [-0.4, -0.2) is 72.2 Å². The minimum absolute atomic E-state index is 0.0106. The highest BCUT2D eigenvalue weighted by Gasteiger charge is 2.36. The summed E-state index contributed by atoms with van der Waals surface area (Å²) in [5.41, 5.74) is 0.663. The maximum Gasteiger partial charge on any atom is 0.265 e. The van der Waals surface area contributed by atoms with E-state index in [0.29, 0.717) is 22.1 Å². The predicted molar refractivity (Wildman–Crippen MR) is 185 cm³/mol. The normalized spacial score (nSPS) is 13.8. The molecule has 0 heterocycles. The molecule has 0 spiro atoms. The van der Waals surface area contributed by atoms with Crippen LogP contribution in [0.1, 0.15) is 44.6 Å². The number of hydrogen-bond donors (Lipinski definition) is 1. The smallest absolute Gasteiger partial charge is 0.265 e. The Morgan fingerprint density at radius 1 is 0.854 bits per heavy atom. The molecule has 4 rings (SSSR count). The Morgan fingerprint density at radius 2 is 1.52 bits per heavy atom. The highest BCUT2D eigenvalue weighted by molar-refractivity contribution is 7.92. The first-order chi connectivity index (χ1) is 23.0. The zero-order valence-corrected chi connectivity index (χ0v) is 30.0. The Labute approximate surface area is 292 Å². The Hall–Kier alpha value is -3.87. The molecule has 1 N–H and O–H groups in total. The number of nitrogens with zero attached hydrogens (tertiary/aromatic N) is 2. The first-order valence-electron chi connectivity index (χ1n) is 15.5. The Morgan fingerprint density at radius 3 is 2.12 bits per heavy atom. The molecule has 1 saturated carbocycles. The quantitative estimate of drug-likeness (QED) is 0.200. The van der Waals surface area contributed by atoms with Crippen molar-refractivity contribution in [3.05, 3.63) is 70.2 Å². The summed E-state index contributed by atoms with van der Waals surface area (Å²) in [6, 6.07) is 12.8. The van der Waals surface area contributed by atoms with Crippen LogP contribution in [0.15, 0.2) is 59.5 Å². The van der Waals surface area contributed by atoms with E-state index in [2.05, 4.69) is 5.32 Å². The van der Waals surface area contributed by atoms with E-state index in [0.717, 1.165) is 30.0 Å². The average molecular weight is 723 g/mol. The van der Waals surface area contributed by atoms with Crippen LogP contribution in [0, 0.1) is 0 Å². The van der Waals surface area contributed by atoms with Crippen molar-refractivity contribution >= 4 is 50.7 Å². The molecule has 0 bridgehead atoms. The van der Waals surface area contributed by atoms with Gasteiger partial charge < -0.3 is 29.2 Å². The number of carbonyl (C=O) groups excluding carboxylic acids is 2. The van der Waals surface area contributed by atoms with E-state index in [1.807, 2.05) is 0 Å². The van der Waals surface area contributed by atoms with Crippen molar-refractivity contribution in [3.8, 4) is 23.0 Å². The number of carbonyl (C=O) groups is 2. The number of methoxy groups -OCH3 is 4. The lowest BCUT2D eigenvalue weighted by molar-refractivity contribution is -0.140. The lowest BCUT2D eigenvalue weighted by Gasteiger charge is -2.34. The molecule has 0 aliphatic heterocycles. The summed E-state index contributed by atoms with van der Waals surface area (Å²) >= 11 is 12.5. The van der Waals surface area contributed by atoms with Crippen LogP contribution < -0.4 is 28.6 Å². The summed E-state index contributed by atoms with van der Waals surface area (Å²) < 4.78 is 51.6. The van der Waals surface area contributed by atoms with E-state index in [-0.39, 0.29) is 52.0 Å². The molecule has 0 radical (unpaired) electrons. The second kappa shape index (κ2) is 16.5. The van der Waals surface area contributed by atoms with Crippen LogP contribution >= 0.6 is 23.2 Å². The lowest BCUT2D eigenvalue weighted by atomic mass is 10.1. The van der Waals surface area contributed by atoms with E-state index < -0.39 is 28.5 Å². The number of anilines is 1. The number of sulfonamides is 1. The van der Waals surface area contributed by atoms with Gasteiger partial charge in [0.2, 0.25) is 11.8 Å². The fourth-order valence-electron chi connectivity index (χ4n) is 5.73. The van der Waals surface area contributed by atoms with Crippen molar-refractivity contribution in [1.29, 1.82) is 0 Å². The number of amides is 2. The Bertz CT molecular complexity index is 1720. The SMILES string of the molecule is CCC(C(=O)NC1CCCC1)N(Cc1ccc(Cl)c(Cl)c1)C(=O)CN(c1cc(OC)ccc1OC)S(=O)(=O)c1ccc(OC)c(OC)c1. The zero-order chi connectivity index (χ0) is 35.0. The van der Waals surface area contributed by atoms with Gasteiger partial charge in [0.25, 0.3) is 10.0 Å². The molecular formula is C34H41Cl2N3O8S. The van der Waals surface area contributed by atoms with Gasteiger partial charge in [0.15, 0.2) is 11.5 Å². The second-order valence-corrected chi connectivity index (χ2v) is 13.9. The molecule has 1 atom stereocenters. The number of nitrogens with one attached hydrogen (secondary N) is 1. The van der Waals surface area contributed by atoms with Crippen LogP contribution in [0.4, 0.5) is 5.69 Å². The number of benzene rings is 3. The molecule has 3 aromatic carbocycles. The lowest BCUT2D eigenvalue weighted by Crippen LogP contribution is -2.53. The van der Waals surface area contributed by atoms with Gasteiger partial charge in [-0.1, -0.05) is 49.0 Å². The Balaban J connectivity index is 1.83. The molecule has 48 heavy (non-hydrogen) atoms. The van der Waals surface area contributed by atoms with E-state index >= 15 is 0 Å². The van der Waals surface area contributed by atoms with Gasteiger partial charge in [-0.3, -0.25) is 13.9 Å². The van der Waals surface area contributed by atoms with Crippen molar-refractivity contribution in [2.24, 2.45) is 0 Å². The Kier molecular flexibility index (Phi) is 12.7. The molecule has 11 nitrogen and oxygen atoms in total.